The van der Waals surface area contributed by atoms with Crippen LogP contribution in [0.4, 0.5) is 13.2 Å². The zero-order valence-electron chi connectivity index (χ0n) is 22.4. The summed E-state index contributed by atoms with van der Waals surface area (Å²) < 4.78 is 61.1. The Hall–Kier alpha value is -2.54. The SMILES string of the molecule is CCCCOC1CCC(c2ccc(C3CCC(C(=O)Oc4ccc(OCC)cc4F)CC3)c(F)c2F)CC1. The molecule has 0 aromatic heterocycles. The predicted octanol–water partition coefficient (Wildman–Crippen LogP) is 8.22. The van der Waals surface area contributed by atoms with E-state index in [2.05, 4.69) is 6.92 Å². The number of unbranched alkanes of at least 4 members (excludes halogenated alkanes) is 1. The molecule has 2 fully saturated rings. The van der Waals surface area contributed by atoms with Crippen molar-refractivity contribution in [2.75, 3.05) is 13.2 Å². The topological polar surface area (TPSA) is 44.8 Å². The lowest BCUT2D eigenvalue weighted by Crippen LogP contribution is -2.26. The molecule has 2 aromatic rings. The van der Waals surface area contributed by atoms with Crippen LogP contribution in [-0.2, 0) is 9.53 Å². The zero-order valence-corrected chi connectivity index (χ0v) is 22.4. The monoisotopic (exact) mass is 532 g/mol. The minimum Gasteiger partial charge on any atom is -0.494 e. The molecule has 7 heteroatoms. The number of ether oxygens (including phenoxy) is 3. The van der Waals surface area contributed by atoms with Crippen LogP contribution in [0.2, 0.25) is 0 Å². The van der Waals surface area contributed by atoms with Crippen molar-refractivity contribution >= 4 is 5.97 Å². The summed E-state index contributed by atoms with van der Waals surface area (Å²) in [6, 6.07) is 7.62. The van der Waals surface area contributed by atoms with Gasteiger partial charge < -0.3 is 14.2 Å². The first-order valence-corrected chi connectivity index (χ1v) is 14.1. The van der Waals surface area contributed by atoms with E-state index in [0.717, 1.165) is 45.1 Å². The first-order chi connectivity index (χ1) is 18.4. The van der Waals surface area contributed by atoms with Crippen molar-refractivity contribution in [3.8, 4) is 11.5 Å². The molecule has 0 atom stereocenters. The number of halogens is 3. The van der Waals surface area contributed by atoms with E-state index < -0.39 is 29.3 Å². The molecule has 0 radical (unpaired) electrons. The van der Waals surface area contributed by atoms with E-state index in [9.17, 15) is 9.18 Å². The fraction of sp³-hybridized carbons (Fsp3) is 0.581. The molecule has 0 N–H and O–H groups in total. The van der Waals surface area contributed by atoms with Crippen LogP contribution in [0.1, 0.15) is 101 Å². The van der Waals surface area contributed by atoms with Gasteiger partial charge in [0.15, 0.2) is 23.2 Å². The molecule has 0 unspecified atom stereocenters. The maximum Gasteiger partial charge on any atom is 0.314 e. The van der Waals surface area contributed by atoms with Gasteiger partial charge in [-0.25, -0.2) is 13.2 Å². The van der Waals surface area contributed by atoms with Crippen molar-refractivity contribution in [1.29, 1.82) is 0 Å². The van der Waals surface area contributed by atoms with Crippen LogP contribution in [0.3, 0.4) is 0 Å². The molecule has 0 amide bonds. The van der Waals surface area contributed by atoms with Crippen molar-refractivity contribution in [1.82, 2.24) is 0 Å². The minimum absolute atomic E-state index is 0.0121. The molecular formula is C31H39F3O4. The van der Waals surface area contributed by atoms with Gasteiger partial charge in [0.05, 0.1) is 18.6 Å². The lowest BCUT2D eigenvalue weighted by Gasteiger charge is -2.30. The Morgan fingerprint density at radius 1 is 0.842 bits per heavy atom. The first-order valence-electron chi connectivity index (χ1n) is 14.1. The molecule has 2 aromatic carbocycles. The van der Waals surface area contributed by atoms with Crippen LogP contribution in [0.5, 0.6) is 11.5 Å². The second-order valence-electron chi connectivity index (χ2n) is 10.6. The van der Waals surface area contributed by atoms with Crippen LogP contribution in [0, 0.1) is 23.4 Å². The minimum atomic E-state index is -0.758. The van der Waals surface area contributed by atoms with Crippen LogP contribution >= 0.6 is 0 Å². The average molecular weight is 533 g/mol. The van der Waals surface area contributed by atoms with E-state index in [1.165, 1.54) is 12.1 Å². The number of rotatable bonds is 10. The fourth-order valence-corrected chi connectivity index (χ4v) is 5.80. The maximum absolute atomic E-state index is 15.2. The smallest absolute Gasteiger partial charge is 0.314 e. The van der Waals surface area contributed by atoms with Crippen LogP contribution in [-0.4, -0.2) is 25.3 Å². The molecule has 0 spiro atoms. The Morgan fingerprint density at radius 2 is 1.45 bits per heavy atom. The molecular weight excluding hydrogens is 493 g/mol. The summed E-state index contributed by atoms with van der Waals surface area (Å²) >= 11 is 0. The third kappa shape index (κ3) is 6.90. The summed E-state index contributed by atoms with van der Waals surface area (Å²) in [5.74, 6) is -2.96. The first kappa shape index (κ1) is 28.5. The molecule has 38 heavy (non-hydrogen) atoms. The summed E-state index contributed by atoms with van der Waals surface area (Å²) in [7, 11) is 0. The molecule has 0 heterocycles. The summed E-state index contributed by atoms with van der Waals surface area (Å²) in [6.45, 7) is 5.11. The zero-order chi connectivity index (χ0) is 27.1. The Labute approximate surface area is 223 Å². The van der Waals surface area contributed by atoms with Crippen LogP contribution in [0.25, 0.3) is 0 Å². The number of hydrogen-bond acceptors (Lipinski definition) is 4. The molecule has 4 nitrogen and oxygen atoms in total. The van der Waals surface area contributed by atoms with Gasteiger partial charge in [-0.1, -0.05) is 25.5 Å². The van der Waals surface area contributed by atoms with Crippen LogP contribution < -0.4 is 9.47 Å². The van der Waals surface area contributed by atoms with Crippen molar-refractivity contribution in [2.24, 2.45) is 5.92 Å². The molecule has 2 aliphatic rings. The van der Waals surface area contributed by atoms with E-state index in [4.69, 9.17) is 14.2 Å². The van der Waals surface area contributed by atoms with Crippen molar-refractivity contribution < 1.29 is 32.2 Å². The second-order valence-corrected chi connectivity index (χ2v) is 10.6. The molecule has 2 saturated carbocycles. The summed E-state index contributed by atoms with van der Waals surface area (Å²) in [5.41, 5.74) is 0.847. The molecule has 0 aliphatic heterocycles. The van der Waals surface area contributed by atoms with Gasteiger partial charge in [0.2, 0.25) is 0 Å². The molecule has 4 rings (SSSR count). The van der Waals surface area contributed by atoms with Gasteiger partial charge in [-0.3, -0.25) is 4.79 Å². The lowest BCUT2D eigenvalue weighted by molar-refractivity contribution is -0.140. The number of carbonyl (C=O) groups is 1. The molecule has 0 bridgehead atoms. The maximum atomic E-state index is 15.2. The third-order valence-electron chi connectivity index (χ3n) is 8.03. The van der Waals surface area contributed by atoms with Crippen molar-refractivity contribution in [3.05, 3.63) is 58.9 Å². The van der Waals surface area contributed by atoms with Gasteiger partial charge in [-0.2, -0.15) is 0 Å². The predicted molar refractivity (Wildman–Crippen MR) is 140 cm³/mol. The lowest BCUT2D eigenvalue weighted by atomic mass is 9.77. The van der Waals surface area contributed by atoms with E-state index in [0.29, 0.717) is 49.2 Å². The van der Waals surface area contributed by atoms with E-state index in [-0.39, 0.29) is 23.7 Å². The third-order valence-corrected chi connectivity index (χ3v) is 8.03. The molecule has 208 valence electrons. The average Bonchev–Trinajstić information content (AvgIpc) is 2.93. The summed E-state index contributed by atoms with van der Waals surface area (Å²) in [5, 5.41) is 0. The van der Waals surface area contributed by atoms with Crippen molar-refractivity contribution in [2.45, 2.75) is 96.0 Å². The van der Waals surface area contributed by atoms with E-state index in [1.54, 1.807) is 25.1 Å². The Bertz CT molecular complexity index is 1070. The van der Waals surface area contributed by atoms with Gasteiger partial charge in [-0.15, -0.1) is 0 Å². The standard InChI is InChI=1S/C31H39F3O4/c1-3-5-18-37-23-12-10-21(11-13-23)26-16-15-25(29(33)30(26)34)20-6-8-22(9-7-20)31(35)38-28-17-14-24(36-4-2)19-27(28)32/h14-17,19-23H,3-13,18H2,1-2H3. The van der Waals surface area contributed by atoms with Gasteiger partial charge in [-0.05, 0) is 99.8 Å². The van der Waals surface area contributed by atoms with Gasteiger partial charge in [0.25, 0.3) is 0 Å². The quantitative estimate of drug-likeness (QED) is 0.176. The number of benzene rings is 2. The molecule has 2 aliphatic carbocycles. The highest BCUT2D eigenvalue weighted by Gasteiger charge is 2.32. The summed E-state index contributed by atoms with van der Waals surface area (Å²) in [6.07, 6.45) is 7.76. The highest BCUT2D eigenvalue weighted by molar-refractivity contribution is 5.75. The van der Waals surface area contributed by atoms with Crippen molar-refractivity contribution in [3.63, 3.8) is 0 Å². The van der Waals surface area contributed by atoms with Crippen LogP contribution in [0.15, 0.2) is 30.3 Å². The largest absolute Gasteiger partial charge is 0.494 e. The van der Waals surface area contributed by atoms with E-state index in [1.807, 2.05) is 0 Å². The van der Waals surface area contributed by atoms with Gasteiger partial charge >= 0.3 is 5.97 Å². The Morgan fingerprint density at radius 3 is 2.00 bits per heavy atom. The Balaban J connectivity index is 1.31. The van der Waals surface area contributed by atoms with E-state index >= 15 is 8.78 Å². The number of esters is 1. The number of carbonyl (C=O) groups excluding carboxylic acids is 1. The van der Waals surface area contributed by atoms with Gasteiger partial charge in [0, 0.05) is 12.7 Å². The highest BCUT2D eigenvalue weighted by atomic mass is 19.2. The van der Waals surface area contributed by atoms with Gasteiger partial charge in [0.1, 0.15) is 5.75 Å². The molecule has 0 saturated heterocycles. The summed E-state index contributed by atoms with van der Waals surface area (Å²) in [4.78, 5) is 12.6. The fourth-order valence-electron chi connectivity index (χ4n) is 5.80. The second kappa shape index (κ2) is 13.5. The highest BCUT2D eigenvalue weighted by Crippen LogP contribution is 2.41. The normalized spacial score (nSPS) is 23.7. The number of hydrogen-bond donors (Lipinski definition) is 0. The Kier molecular flexibility index (Phi) is 10.1.